The third kappa shape index (κ3) is 6.80. The van der Waals surface area contributed by atoms with Crippen molar-refractivity contribution in [1.82, 2.24) is 10.6 Å². The zero-order valence-corrected chi connectivity index (χ0v) is 14.6. The van der Waals surface area contributed by atoms with E-state index in [1.54, 1.807) is 36.4 Å². The molecule has 0 aliphatic heterocycles. The standard InChI is InChI=1S/C17H20FN3O3S/c1-25(23,24)21-16-5-3-2-4-14(16)12-20-17(22)19-11-10-13-6-8-15(18)9-7-13/h2-9,21H,10-12H2,1H3,(H2,19,20,22). The van der Waals surface area contributed by atoms with Crippen LogP contribution in [0.4, 0.5) is 14.9 Å². The molecule has 3 N–H and O–H groups in total. The van der Waals surface area contributed by atoms with Gasteiger partial charge in [0.05, 0.1) is 11.9 Å². The Morgan fingerprint density at radius 3 is 2.40 bits per heavy atom. The van der Waals surface area contributed by atoms with Gasteiger partial charge < -0.3 is 10.6 Å². The molecule has 134 valence electrons. The Hall–Kier alpha value is -2.61. The third-order valence-electron chi connectivity index (χ3n) is 3.36. The van der Waals surface area contributed by atoms with Crippen molar-refractivity contribution < 1.29 is 17.6 Å². The van der Waals surface area contributed by atoms with Crippen molar-refractivity contribution in [2.24, 2.45) is 0 Å². The fourth-order valence-electron chi connectivity index (χ4n) is 2.18. The maximum atomic E-state index is 12.8. The van der Waals surface area contributed by atoms with Crippen molar-refractivity contribution in [2.45, 2.75) is 13.0 Å². The predicted molar refractivity (Wildman–Crippen MR) is 95.3 cm³/mol. The van der Waals surface area contributed by atoms with Gasteiger partial charge in [-0.25, -0.2) is 17.6 Å². The second kappa shape index (κ2) is 8.48. The molecule has 0 unspecified atom stereocenters. The van der Waals surface area contributed by atoms with Crippen molar-refractivity contribution in [1.29, 1.82) is 0 Å². The zero-order valence-electron chi connectivity index (χ0n) is 13.8. The van der Waals surface area contributed by atoms with Crippen LogP contribution in [-0.2, 0) is 23.0 Å². The van der Waals surface area contributed by atoms with Crippen LogP contribution in [0.1, 0.15) is 11.1 Å². The lowest BCUT2D eigenvalue weighted by Crippen LogP contribution is -2.36. The molecule has 2 aromatic rings. The lowest BCUT2D eigenvalue weighted by Gasteiger charge is -2.12. The van der Waals surface area contributed by atoms with Gasteiger partial charge in [-0.05, 0) is 35.7 Å². The van der Waals surface area contributed by atoms with Crippen molar-refractivity contribution >= 4 is 21.7 Å². The number of carbonyl (C=O) groups is 1. The number of urea groups is 1. The quantitative estimate of drug-likeness (QED) is 0.703. The van der Waals surface area contributed by atoms with Crippen LogP contribution in [0, 0.1) is 5.82 Å². The Labute approximate surface area is 146 Å². The second-order valence-corrected chi connectivity index (χ2v) is 7.27. The minimum atomic E-state index is -3.39. The van der Waals surface area contributed by atoms with Gasteiger partial charge in [-0.1, -0.05) is 30.3 Å². The lowest BCUT2D eigenvalue weighted by molar-refractivity contribution is 0.240. The Kier molecular flexibility index (Phi) is 6.35. The number of rotatable bonds is 7. The smallest absolute Gasteiger partial charge is 0.315 e. The molecular formula is C17H20FN3O3S. The molecule has 0 bridgehead atoms. The van der Waals surface area contributed by atoms with Gasteiger partial charge in [0.25, 0.3) is 0 Å². The number of anilines is 1. The van der Waals surface area contributed by atoms with Crippen LogP contribution in [-0.4, -0.2) is 27.2 Å². The van der Waals surface area contributed by atoms with Gasteiger partial charge in [0.15, 0.2) is 0 Å². The SMILES string of the molecule is CS(=O)(=O)Nc1ccccc1CNC(=O)NCCc1ccc(F)cc1. The summed E-state index contributed by atoms with van der Waals surface area (Å²) in [6, 6.07) is 12.6. The first-order valence-corrected chi connectivity index (χ1v) is 9.54. The Morgan fingerprint density at radius 1 is 1.04 bits per heavy atom. The number of hydrogen-bond acceptors (Lipinski definition) is 3. The van der Waals surface area contributed by atoms with Gasteiger partial charge >= 0.3 is 6.03 Å². The first-order chi connectivity index (χ1) is 11.8. The summed E-state index contributed by atoms with van der Waals surface area (Å²) >= 11 is 0. The molecule has 0 aliphatic carbocycles. The molecule has 0 fully saturated rings. The van der Waals surface area contributed by atoms with Crippen LogP contribution in [0.2, 0.25) is 0 Å². The highest BCUT2D eigenvalue weighted by atomic mass is 32.2. The number of amides is 2. The Bertz CT molecular complexity index is 823. The van der Waals surface area contributed by atoms with Crippen LogP contribution < -0.4 is 15.4 Å². The van der Waals surface area contributed by atoms with Crippen molar-refractivity contribution in [3.8, 4) is 0 Å². The van der Waals surface area contributed by atoms with Crippen LogP contribution in [0.25, 0.3) is 0 Å². The molecule has 0 saturated heterocycles. The van der Waals surface area contributed by atoms with E-state index in [0.717, 1.165) is 11.8 Å². The largest absolute Gasteiger partial charge is 0.338 e. The van der Waals surface area contributed by atoms with E-state index in [0.29, 0.717) is 24.2 Å². The molecule has 2 amide bonds. The second-order valence-electron chi connectivity index (χ2n) is 5.52. The highest BCUT2D eigenvalue weighted by Crippen LogP contribution is 2.15. The number of benzene rings is 2. The van der Waals surface area contributed by atoms with Crippen molar-refractivity contribution in [3.63, 3.8) is 0 Å². The molecule has 0 saturated carbocycles. The first-order valence-electron chi connectivity index (χ1n) is 7.65. The monoisotopic (exact) mass is 365 g/mol. The highest BCUT2D eigenvalue weighted by Gasteiger charge is 2.08. The molecule has 0 heterocycles. The van der Waals surface area contributed by atoms with E-state index in [-0.39, 0.29) is 18.4 Å². The summed E-state index contributed by atoms with van der Waals surface area (Å²) in [4.78, 5) is 11.8. The maximum Gasteiger partial charge on any atom is 0.315 e. The van der Waals surface area contributed by atoms with Gasteiger partial charge in [-0.15, -0.1) is 0 Å². The summed E-state index contributed by atoms with van der Waals surface area (Å²) in [5, 5.41) is 5.38. The van der Waals surface area contributed by atoms with E-state index in [1.807, 2.05) is 0 Å². The van der Waals surface area contributed by atoms with E-state index >= 15 is 0 Å². The fourth-order valence-corrected chi connectivity index (χ4v) is 2.78. The molecule has 0 spiro atoms. The molecular weight excluding hydrogens is 345 g/mol. The number of nitrogens with one attached hydrogen (secondary N) is 3. The van der Waals surface area contributed by atoms with Crippen molar-refractivity contribution in [3.05, 3.63) is 65.5 Å². The van der Waals surface area contributed by atoms with Gasteiger partial charge in [0.1, 0.15) is 5.82 Å². The molecule has 2 rings (SSSR count). The molecule has 0 radical (unpaired) electrons. The summed E-state index contributed by atoms with van der Waals surface area (Å²) in [6.07, 6.45) is 1.65. The molecule has 2 aromatic carbocycles. The lowest BCUT2D eigenvalue weighted by atomic mass is 10.1. The fraction of sp³-hybridized carbons (Fsp3) is 0.235. The maximum absolute atomic E-state index is 12.8. The minimum Gasteiger partial charge on any atom is -0.338 e. The van der Waals surface area contributed by atoms with E-state index in [4.69, 9.17) is 0 Å². The van der Waals surface area contributed by atoms with Gasteiger partial charge in [-0.3, -0.25) is 4.72 Å². The average Bonchev–Trinajstić information content (AvgIpc) is 2.54. The van der Waals surface area contributed by atoms with Gasteiger partial charge in [0.2, 0.25) is 10.0 Å². The Morgan fingerprint density at radius 2 is 1.72 bits per heavy atom. The average molecular weight is 365 g/mol. The summed E-state index contributed by atoms with van der Waals surface area (Å²) in [6.45, 7) is 0.585. The normalized spacial score (nSPS) is 11.0. The molecule has 0 aliphatic rings. The van der Waals surface area contributed by atoms with E-state index in [9.17, 15) is 17.6 Å². The first kappa shape index (κ1) is 18.7. The number of hydrogen-bond donors (Lipinski definition) is 3. The van der Waals surface area contributed by atoms with Gasteiger partial charge in [-0.2, -0.15) is 0 Å². The van der Waals surface area contributed by atoms with Crippen molar-refractivity contribution in [2.75, 3.05) is 17.5 Å². The number of para-hydroxylation sites is 1. The topological polar surface area (TPSA) is 87.3 Å². The molecule has 8 heteroatoms. The molecule has 25 heavy (non-hydrogen) atoms. The van der Waals surface area contributed by atoms with Crippen LogP contribution in [0.3, 0.4) is 0 Å². The molecule has 6 nitrogen and oxygen atoms in total. The van der Waals surface area contributed by atoms with Crippen LogP contribution >= 0.6 is 0 Å². The summed E-state index contributed by atoms with van der Waals surface area (Å²) < 4.78 is 37.9. The van der Waals surface area contributed by atoms with E-state index in [2.05, 4.69) is 15.4 Å². The minimum absolute atomic E-state index is 0.182. The predicted octanol–water partition coefficient (Wildman–Crippen LogP) is 2.24. The number of carbonyl (C=O) groups excluding carboxylic acids is 1. The summed E-state index contributed by atoms with van der Waals surface area (Å²) in [5.41, 5.74) is 2.00. The van der Waals surface area contributed by atoms with Crippen LogP contribution in [0.5, 0.6) is 0 Å². The number of sulfonamides is 1. The molecule has 0 atom stereocenters. The zero-order chi connectivity index (χ0) is 18.3. The summed E-state index contributed by atoms with van der Waals surface area (Å²) in [5.74, 6) is -0.296. The molecule has 0 aromatic heterocycles. The van der Waals surface area contributed by atoms with E-state index < -0.39 is 10.0 Å². The number of halogens is 1. The third-order valence-corrected chi connectivity index (χ3v) is 3.96. The summed E-state index contributed by atoms with van der Waals surface area (Å²) in [7, 11) is -3.39. The van der Waals surface area contributed by atoms with Gasteiger partial charge in [0, 0.05) is 13.1 Å². The van der Waals surface area contributed by atoms with Crippen LogP contribution in [0.15, 0.2) is 48.5 Å². The Balaban J connectivity index is 1.81. The van der Waals surface area contributed by atoms with E-state index in [1.165, 1.54) is 12.1 Å². The highest BCUT2D eigenvalue weighted by molar-refractivity contribution is 7.92.